The van der Waals surface area contributed by atoms with E-state index in [1.807, 2.05) is 0 Å². The van der Waals surface area contributed by atoms with E-state index >= 15 is 0 Å². The molecule has 0 saturated carbocycles. The molecule has 4 nitrogen and oxygen atoms in total. The molecule has 0 bridgehead atoms. The first-order chi connectivity index (χ1) is 4.29. The Labute approximate surface area is 52.6 Å². The van der Waals surface area contributed by atoms with Crippen LogP contribution in [0, 0.1) is 0 Å². The van der Waals surface area contributed by atoms with Crippen molar-refractivity contribution in [3.8, 4) is 0 Å². The Morgan fingerprint density at radius 1 is 1.44 bits per heavy atom. The highest BCUT2D eigenvalue weighted by atomic mass is 16.2. The lowest BCUT2D eigenvalue weighted by atomic mass is 10.4. The van der Waals surface area contributed by atoms with Crippen molar-refractivity contribution in [1.29, 1.82) is 0 Å². The molecule has 0 aromatic heterocycles. The van der Waals surface area contributed by atoms with E-state index in [2.05, 4.69) is 10.6 Å². The van der Waals surface area contributed by atoms with Crippen LogP contribution in [0.3, 0.4) is 0 Å². The van der Waals surface area contributed by atoms with Crippen LogP contribution in [-0.4, -0.2) is 24.9 Å². The zero-order chi connectivity index (χ0) is 6.69. The third-order valence-electron chi connectivity index (χ3n) is 1.03. The summed E-state index contributed by atoms with van der Waals surface area (Å²) in [6.45, 7) is 0.912. The maximum atomic E-state index is 10.5. The van der Waals surface area contributed by atoms with Crippen LogP contribution in [0.4, 0.5) is 0 Å². The first-order valence-corrected chi connectivity index (χ1v) is 2.76. The van der Waals surface area contributed by atoms with Crippen LogP contribution < -0.4 is 10.6 Å². The summed E-state index contributed by atoms with van der Waals surface area (Å²) in [5.41, 5.74) is 0. The van der Waals surface area contributed by atoms with Gasteiger partial charge in [0.2, 0.25) is 5.91 Å². The van der Waals surface area contributed by atoms with Gasteiger partial charge in [-0.05, 0) is 0 Å². The molecule has 1 rings (SSSR count). The summed E-state index contributed by atoms with van der Waals surface area (Å²) in [5, 5.41) is 6.07. The van der Waals surface area contributed by atoms with Gasteiger partial charge in [0.25, 0.3) is 5.91 Å². The molecule has 0 aliphatic carbocycles. The zero-order valence-corrected chi connectivity index (χ0v) is 4.89. The lowest BCUT2D eigenvalue weighted by Crippen LogP contribution is -2.23. The number of hydrogen-bond donors (Lipinski definition) is 1. The van der Waals surface area contributed by atoms with E-state index in [0.29, 0.717) is 13.1 Å². The van der Waals surface area contributed by atoms with Crippen LogP contribution in [0.5, 0.6) is 0 Å². The first kappa shape index (κ1) is 6.07. The van der Waals surface area contributed by atoms with Gasteiger partial charge in [0.1, 0.15) is 6.42 Å². The van der Waals surface area contributed by atoms with E-state index in [0.717, 1.165) is 0 Å². The van der Waals surface area contributed by atoms with Gasteiger partial charge in [0.15, 0.2) is 0 Å². The molecule has 0 unspecified atom stereocenters. The topological polar surface area (TPSA) is 60.3 Å². The monoisotopic (exact) mass is 127 g/mol. The van der Waals surface area contributed by atoms with E-state index in [-0.39, 0.29) is 18.2 Å². The van der Waals surface area contributed by atoms with Crippen LogP contribution >= 0.6 is 0 Å². The Bertz CT molecular complexity index is 128. The van der Waals surface area contributed by atoms with Gasteiger partial charge >= 0.3 is 0 Å². The average molecular weight is 127 g/mol. The number of carbonyl (C=O) groups is 2. The highest BCUT2D eigenvalue weighted by Crippen LogP contribution is 1.84. The van der Waals surface area contributed by atoms with Gasteiger partial charge in [0.05, 0.1) is 6.54 Å². The van der Waals surface area contributed by atoms with Gasteiger partial charge in [-0.25, -0.2) is 5.32 Å². The van der Waals surface area contributed by atoms with Gasteiger partial charge < -0.3 is 5.32 Å². The number of nitrogens with one attached hydrogen (secondary N) is 1. The minimum Gasteiger partial charge on any atom is -0.354 e. The molecule has 1 N–H and O–H groups in total. The summed E-state index contributed by atoms with van der Waals surface area (Å²) >= 11 is 0. The lowest BCUT2D eigenvalue weighted by Gasteiger charge is -1.91. The molecule has 0 aromatic carbocycles. The van der Waals surface area contributed by atoms with Crippen LogP contribution in [0.1, 0.15) is 6.42 Å². The van der Waals surface area contributed by atoms with Crippen molar-refractivity contribution >= 4 is 11.8 Å². The van der Waals surface area contributed by atoms with Gasteiger partial charge in [0, 0.05) is 6.54 Å². The minimum absolute atomic E-state index is 0.0833. The molecule has 0 atom stereocenters. The fraction of sp³-hybridized carbons (Fsp3) is 0.600. The molecule has 0 spiro atoms. The number of nitrogens with zero attached hydrogens (tertiary/aromatic N) is 1. The summed E-state index contributed by atoms with van der Waals surface area (Å²) < 4.78 is 0. The smallest absolute Gasteiger partial charge is 0.250 e. The minimum atomic E-state index is -0.315. The van der Waals surface area contributed by atoms with E-state index in [1.165, 1.54) is 0 Å². The lowest BCUT2D eigenvalue weighted by molar-refractivity contribution is -0.128. The third-order valence-corrected chi connectivity index (χ3v) is 1.03. The van der Waals surface area contributed by atoms with Crippen molar-refractivity contribution in [2.45, 2.75) is 6.42 Å². The largest absolute Gasteiger partial charge is 0.354 e. The second kappa shape index (κ2) is 2.48. The molecule has 0 aromatic rings. The second-order valence-electron chi connectivity index (χ2n) is 1.80. The normalized spacial score (nSPS) is 20.0. The van der Waals surface area contributed by atoms with Crippen molar-refractivity contribution in [2.24, 2.45) is 0 Å². The van der Waals surface area contributed by atoms with Crippen molar-refractivity contribution in [3.05, 3.63) is 0 Å². The molecule has 1 fully saturated rings. The highest BCUT2D eigenvalue weighted by molar-refractivity contribution is 5.97. The molecule has 49 valence electrons. The Kier molecular flexibility index (Phi) is 1.67. The van der Waals surface area contributed by atoms with Crippen molar-refractivity contribution in [3.63, 3.8) is 0 Å². The predicted molar refractivity (Wildman–Crippen MR) is 29.6 cm³/mol. The van der Waals surface area contributed by atoms with Crippen molar-refractivity contribution in [2.75, 3.05) is 13.1 Å². The van der Waals surface area contributed by atoms with Crippen molar-refractivity contribution < 1.29 is 9.59 Å². The second-order valence-corrected chi connectivity index (χ2v) is 1.80. The Balaban J connectivity index is 2.47. The van der Waals surface area contributed by atoms with Crippen molar-refractivity contribution in [1.82, 2.24) is 10.6 Å². The molecular formula is C5H7N2O2. The Hall–Kier alpha value is -1.06. The molecule has 1 aliphatic heterocycles. The van der Waals surface area contributed by atoms with E-state index in [9.17, 15) is 9.59 Å². The average Bonchev–Trinajstić information content (AvgIpc) is 1.93. The van der Waals surface area contributed by atoms with E-state index < -0.39 is 0 Å². The van der Waals surface area contributed by atoms with Crippen LogP contribution in [0.2, 0.25) is 0 Å². The molecule has 2 amide bonds. The summed E-state index contributed by atoms with van der Waals surface area (Å²) in [6, 6.07) is 0. The van der Waals surface area contributed by atoms with Crippen LogP contribution in [0.15, 0.2) is 0 Å². The highest BCUT2D eigenvalue weighted by Gasteiger charge is 2.12. The summed E-state index contributed by atoms with van der Waals surface area (Å²) in [7, 11) is 0. The molecular weight excluding hydrogens is 120 g/mol. The van der Waals surface area contributed by atoms with Gasteiger partial charge in [-0.1, -0.05) is 0 Å². The Morgan fingerprint density at radius 2 is 2.22 bits per heavy atom. The number of amides is 2. The zero-order valence-electron chi connectivity index (χ0n) is 4.89. The van der Waals surface area contributed by atoms with Gasteiger partial charge in [-0.15, -0.1) is 0 Å². The number of carbonyl (C=O) groups excluding carboxylic acids is 2. The van der Waals surface area contributed by atoms with Crippen LogP contribution in [-0.2, 0) is 9.59 Å². The molecule has 1 aliphatic rings. The maximum Gasteiger partial charge on any atom is 0.250 e. The van der Waals surface area contributed by atoms with E-state index in [1.54, 1.807) is 0 Å². The summed E-state index contributed by atoms with van der Waals surface area (Å²) in [5.74, 6) is -0.536. The number of rotatable bonds is 0. The van der Waals surface area contributed by atoms with Gasteiger partial charge in [-0.2, -0.15) is 0 Å². The predicted octanol–water partition coefficient (Wildman–Crippen LogP) is -1.36. The molecule has 1 radical (unpaired) electrons. The van der Waals surface area contributed by atoms with Gasteiger partial charge in [-0.3, -0.25) is 9.59 Å². The quantitative estimate of drug-likeness (QED) is 0.408. The number of hydrogen-bond acceptors (Lipinski definition) is 2. The molecule has 4 heteroatoms. The van der Waals surface area contributed by atoms with E-state index in [4.69, 9.17) is 0 Å². The fourth-order valence-electron chi connectivity index (χ4n) is 0.632. The summed E-state index contributed by atoms with van der Waals surface area (Å²) in [6.07, 6.45) is -0.0833. The fourth-order valence-corrected chi connectivity index (χ4v) is 0.632. The molecule has 1 heterocycles. The van der Waals surface area contributed by atoms with Crippen LogP contribution in [0.25, 0.3) is 0 Å². The Morgan fingerprint density at radius 3 is 3.00 bits per heavy atom. The maximum absolute atomic E-state index is 10.5. The molecule has 9 heavy (non-hydrogen) atoms. The summed E-state index contributed by atoms with van der Waals surface area (Å²) in [4.78, 5) is 21.0. The SMILES string of the molecule is O=C1CC(=O)NCC[N]1. The first-order valence-electron chi connectivity index (χ1n) is 2.76. The standard InChI is InChI=1S/C5H7N2O2/c8-4-3-5(9)7-2-1-6-4/h1-3H2,(H,6,8). The molecule has 1 saturated heterocycles. The third kappa shape index (κ3) is 1.71.